The van der Waals surface area contributed by atoms with Crippen molar-refractivity contribution in [2.24, 2.45) is 0 Å². The minimum atomic E-state index is 0.669. The molecule has 1 aromatic carbocycles. The maximum Gasteiger partial charge on any atom is 0.123 e. The van der Waals surface area contributed by atoms with Crippen LogP contribution >= 0.6 is 0 Å². The van der Waals surface area contributed by atoms with Gasteiger partial charge < -0.3 is 14.6 Å². The zero-order chi connectivity index (χ0) is 14.5. The van der Waals surface area contributed by atoms with Crippen LogP contribution in [0.2, 0.25) is 0 Å². The molecule has 21 heavy (non-hydrogen) atoms. The quantitative estimate of drug-likeness (QED) is 0.744. The summed E-state index contributed by atoms with van der Waals surface area (Å²) in [5.74, 6) is 1.04. The topological polar surface area (TPSA) is 28.4 Å². The molecule has 1 aliphatic carbocycles. The lowest BCUT2D eigenvalue weighted by atomic mass is 10.1. The third-order valence-electron chi connectivity index (χ3n) is 3.94. The fourth-order valence-electron chi connectivity index (χ4n) is 2.71. The van der Waals surface area contributed by atoms with Crippen LogP contribution in [0.4, 0.5) is 5.69 Å². The second-order valence-electron chi connectivity index (χ2n) is 5.74. The van der Waals surface area contributed by atoms with E-state index >= 15 is 0 Å². The van der Waals surface area contributed by atoms with Gasteiger partial charge in [0.15, 0.2) is 0 Å². The zero-order valence-electron chi connectivity index (χ0n) is 12.7. The molecule has 3 heteroatoms. The lowest BCUT2D eigenvalue weighted by Gasteiger charge is -2.26. The van der Waals surface area contributed by atoms with Gasteiger partial charge in [-0.1, -0.05) is 25.1 Å². The maximum absolute atomic E-state index is 5.54. The van der Waals surface area contributed by atoms with Crippen LogP contribution in [0.25, 0.3) is 0 Å². The van der Waals surface area contributed by atoms with Gasteiger partial charge in [0.05, 0.1) is 12.8 Å². The van der Waals surface area contributed by atoms with E-state index in [-0.39, 0.29) is 0 Å². The molecular weight excluding hydrogens is 260 g/mol. The van der Waals surface area contributed by atoms with Gasteiger partial charge in [0.1, 0.15) is 5.76 Å². The molecule has 0 saturated heterocycles. The number of hydrogen-bond acceptors (Lipinski definition) is 3. The Morgan fingerprint density at radius 3 is 2.76 bits per heavy atom. The predicted octanol–water partition coefficient (Wildman–Crippen LogP) is 3.95. The molecule has 1 heterocycles. The lowest BCUT2D eigenvalue weighted by Crippen LogP contribution is -2.27. The molecular formula is C18H24N2O. The summed E-state index contributed by atoms with van der Waals surface area (Å²) in [5.41, 5.74) is 2.73. The number of benzene rings is 1. The summed E-state index contributed by atoms with van der Waals surface area (Å²) in [6, 6.07) is 13.4. The normalized spacial score (nSPS) is 14.3. The molecule has 0 amide bonds. The van der Waals surface area contributed by atoms with Gasteiger partial charge in [-0.15, -0.1) is 0 Å². The molecule has 1 N–H and O–H groups in total. The second kappa shape index (κ2) is 6.81. The van der Waals surface area contributed by atoms with Crippen LogP contribution in [0, 0.1) is 0 Å². The van der Waals surface area contributed by atoms with Gasteiger partial charge in [-0.2, -0.15) is 0 Å². The van der Waals surface area contributed by atoms with Crippen molar-refractivity contribution in [1.82, 2.24) is 5.32 Å². The summed E-state index contributed by atoms with van der Waals surface area (Å²) in [5, 5.41) is 3.51. The molecule has 0 aliphatic heterocycles. The van der Waals surface area contributed by atoms with Crippen LogP contribution in [0.15, 0.2) is 47.1 Å². The van der Waals surface area contributed by atoms with Crippen LogP contribution in [-0.4, -0.2) is 12.6 Å². The molecule has 2 aromatic rings. The first-order valence-corrected chi connectivity index (χ1v) is 7.96. The Bertz CT molecular complexity index is 546. The summed E-state index contributed by atoms with van der Waals surface area (Å²) >= 11 is 0. The van der Waals surface area contributed by atoms with Crippen molar-refractivity contribution in [3.63, 3.8) is 0 Å². The highest BCUT2D eigenvalue weighted by atomic mass is 16.3. The van der Waals surface area contributed by atoms with Gasteiger partial charge in [-0.25, -0.2) is 0 Å². The second-order valence-corrected chi connectivity index (χ2v) is 5.74. The summed E-state index contributed by atoms with van der Waals surface area (Å²) in [6.07, 6.45) is 5.50. The summed E-state index contributed by atoms with van der Waals surface area (Å²) in [7, 11) is 0. The van der Waals surface area contributed by atoms with Crippen LogP contribution in [0.5, 0.6) is 0 Å². The van der Waals surface area contributed by atoms with Gasteiger partial charge in [0.2, 0.25) is 0 Å². The minimum Gasteiger partial charge on any atom is -0.467 e. The summed E-state index contributed by atoms with van der Waals surface area (Å²) in [4.78, 5) is 2.50. The van der Waals surface area contributed by atoms with Gasteiger partial charge >= 0.3 is 0 Å². The Morgan fingerprint density at radius 2 is 2.05 bits per heavy atom. The minimum absolute atomic E-state index is 0.669. The van der Waals surface area contributed by atoms with Crippen LogP contribution < -0.4 is 10.2 Å². The predicted molar refractivity (Wildman–Crippen MR) is 86.4 cm³/mol. The Hall–Kier alpha value is -1.74. The van der Waals surface area contributed by atoms with Crippen LogP contribution in [0.1, 0.15) is 37.5 Å². The fraction of sp³-hybridized carbons (Fsp3) is 0.444. The number of nitrogens with zero attached hydrogens (tertiary/aromatic N) is 1. The van der Waals surface area contributed by atoms with Crippen molar-refractivity contribution in [2.75, 3.05) is 11.4 Å². The molecule has 3 rings (SSSR count). The fourth-order valence-corrected chi connectivity index (χ4v) is 2.71. The third kappa shape index (κ3) is 3.67. The highest BCUT2D eigenvalue weighted by molar-refractivity contribution is 5.55. The Labute approximate surface area is 127 Å². The van der Waals surface area contributed by atoms with E-state index in [0.29, 0.717) is 6.04 Å². The van der Waals surface area contributed by atoms with Crippen LogP contribution in [-0.2, 0) is 13.1 Å². The molecule has 1 aromatic heterocycles. The molecule has 1 fully saturated rings. The molecule has 3 nitrogen and oxygen atoms in total. The van der Waals surface area contributed by atoms with Crippen molar-refractivity contribution in [2.45, 2.75) is 45.3 Å². The van der Waals surface area contributed by atoms with E-state index in [9.17, 15) is 0 Å². The van der Waals surface area contributed by atoms with Gasteiger partial charge in [0.25, 0.3) is 0 Å². The first-order chi connectivity index (χ1) is 10.4. The largest absolute Gasteiger partial charge is 0.467 e. The smallest absolute Gasteiger partial charge is 0.123 e. The Morgan fingerprint density at radius 1 is 1.19 bits per heavy atom. The van der Waals surface area contributed by atoms with Crippen molar-refractivity contribution >= 4 is 5.69 Å². The number of anilines is 1. The Kier molecular flexibility index (Phi) is 4.61. The summed E-state index contributed by atoms with van der Waals surface area (Å²) in [6.45, 7) is 5.07. The number of para-hydroxylation sites is 1. The van der Waals surface area contributed by atoms with E-state index in [1.54, 1.807) is 6.26 Å². The third-order valence-corrected chi connectivity index (χ3v) is 3.94. The molecule has 1 saturated carbocycles. The van der Waals surface area contributed by atoms with E-state index < -0.39 is 0 Å². The van der Waals surface area contributed by atoms with Gasteiger partial charge in [-0.05, 0) is 49.6 Å². The van der Waals surface area contributed by atoms with E-state index in [1.807, 2.05) is 6.07 Å². The Balaban J connectivity index is 1.78. The zero-order valence-corrected chi connectivity index (χ0v) is 12.7. The van der Waals surface area contributed by atoms with E-state index in [0.717, 1.165) is 25.4 Å². The number of rotatable bonds is 8. The monoisotopic (exact) mass is 284 g/mol. The van der Waals surface area contributed by atoms with Crippen molar-refractivity contribution in [3.05, 3.63) is 54.0 Å². The molecule has 1 aliphatic rings. The standard InChI is InChI=1S/C18H24N2O/c1-2-11-19-13-15-6-3-4-8-18(15)20(16-9-10-16)14-17-7-5-12-21-17/h3-8,12,16,19H,2,9-11,13-14H2,1H3. The summed E-state index contributed by atoms with van der Waals surface area (Å²) < 4.78 is 5.54. The van der Waals surface area contributed by atoms with E-state index in [4.69, 9.17) is 4.42 Å². The molecule has 0 atom stereocenters. The van der Waals surface area contributed by atoms with Crippen molar-refractivity contribution in [3.8, 4) is 0 Å². The lowest BCUT2D eigenvalue weighted by molar-refractivity contribution is 0.500. The molecule has 0 radical (unpaired) electrons. The number of hydrogen-bond donors (Lipinski definition) is 1. The molecule has 0 spiro atoms. The van der Waals surface area contributed by atoms with Gasteiger partial charge in [-0.3, -0.25) is 0 Å². The van der Waals surface area contributed by atoms with Gasteiger partial charge in [0, 0.05) is 18.3 Å². The highest BCUT2D eigenvalue weighted by Gasteiger charge is 2.30. The number of nitrogens with one attached hydrogen (secondary N) is 1. The van der Waals surface area contributed by atoms with E-state index in [1.165, 1.54) is 30.5 Å². The average molecular weight is 284 g/mol. The maximum atomic E-state index is 5.54. The van der Waals surface area contributed by atoms with Crippen molar-refractivity contribution in [1.29, 1.82) is 0 Å². The van der Waals surface area contributed by atoms with Crippen molar-refractivity contribution < 1.29 is 4.42 Å². The average Bonchev–Trinajstić information content (AvgIpc) is 3.22. The first kappa shape index (κ1) is 14.2. The first-order valence-electron chi connectivity index (χ1n) is 7.96. The van der Waals surface area contributed by atoms with E-state index in [2.05, 4.69) is 47.5 Å². The number of furan rings is 1. The molecule has 0 unspecified atom stereocenters. The highest BCUT2D eigenvalue weighted by Crippen LogP contribution is 2.35. The van der Waals surface area contributed by atoms with Crippen LogP contribution in [0.3, 0.4) is 0 Å². The SMILES string of the molecule is CCCNCc1ccccc1N(Cc1ccco1)C1CC1. The molecule has 0 bridgehead atoms. The molecule has 112 valence electrons.